The molecule has 0 aromatic heterocycles. The van der Waals surface area contributed by atoms with E-state index in [9.17, 15) is 17.7 Å². The third-order valence-corrected chi connectivity index (χ3v) is 3.21. The lowest BCUT2D eigenvalue weighted by Crippen LogP contribution is -2.16. The molecule has 96 valence electrons. The molecule has 0 saturated heterocycles. The molecule has 0 amide bonds. The van der Waals surface area contributed by atoms with Crippen molar-refractivity contribution in [1.82, 2.24) is 0 Å². The summed E-state index contributed by atoms with van der Waals surface area (Å²) in [7, 11) is -4.70. The Morgan fingerprint density at radius 1 is 1.35 bits per heavy atom. The summed E-state index contributed by atoms with van der Waals surface area (Å²) in [6, 6.07) is 6.21. The molecule has 1 aromatic carbocycles. The molecule has 0 aliphatic carbocycles. The molecule has 1 atom stereocenters. The maximum atomic E-state index is 12.0. The summed E-state index contributed by atoms with van der Waals surface area (Å²) in [5, 5.41) is 0. The van der Waals surface area contributed by atoms with E-state index in [0.717, 1.165) is 0 Å². The first-order valence-corrected chi connectivity index (χ1v) is 6.66. The summed E-state index contributed by atoms with van der Waals surface area (Å²) in [5.74, 6) is 0.0186. The van der Waals surface area contributed by atoms with E-state index in [1.807, 2.05) is 0 Å². The maximum absolute atomic E-state index is 12.0. The fourth-order valence-electron chi connectivity index (χ4n) is 1.30. The van der Waals surface area contributed by atoms with E-state index in [1.165, 1.54) is 12.1 Å². The standard InChI is InChI=1S/C10H12F3O3P/c1-2-8-5-3-4-6-9(8)16-17(14,15)7-10(11,12)13/h3-6H,2,7H2,1H3,(H,14,15). The molecule has 1 unspecified atom stereocenters. The van der Waals surface area contributed by atoms with E-state index in [2.05, 4.69) is 4.52 Å². The van der Waals surface area contributed by atoms with Gasteiger partial charge < -0.3 is 9.42 Å². The van der Waals surface area contributed by atoms with E-state index in [-0.39, 0.29) is 5.75 Å². The van der Waals surface area contributed by atoms with Crippen LogP contribution in [0.4, 0.5) is 13.2 Å². The Morgan fingerprint density at radius 2 is 1.94 bits per heavy atom. The third-order valence-electron chi connectivity index (χ3n) is 1.97. The van der Waals surface area contributed by atoms with Gasteiger partial charge in [0.25, 0.3) is 0 Å². The van der Waals surface area contributed by atoms with E-state index in [1.54, 1.807) is 19.1 Å². The van der Waals surface area contributed by atoms with E-state index in [4.69, 9.17) is 4.89 Å². The average Bonchev–Trinajstić information content (AvgIpc) is 2.14. The summed E-state index contributed by atoms with van der Waals surface area (Å²) in [6.07, 6.45) is -6.08. The zero-order valence-corrected chi connectivity index (χ0v) is 9.96. The highest BCUT2D eigenvalue weighted by Crippen LogP contribution is 2.47. The third kappa shape index (κ3) is 4.79. The number of para-hydroxylation sites is 1. The van der Waals surface area contributed by atoms with Crippen LogP contribution in [0.3, 0.4) is 0 Å². The first-order chi connectivity index (χ1) is 7.73. The second-order valence-electron chi connectivity index (χ2n) is 3.46. The van der Waals surface area contributed by atoms with E-state index < -0.39 is 19.9 Å². The fourth-order valence-corrected chi connectivity index (χ4v) is 2.30. The van der Waals surface area contributed by atoms with Gasteiger partial charge in [0.1, 0.15) is 5.75 Å². The normalized spacial score (nSPS) is 15.4. The molecule has 0 aliphatic heterocycles. The number of benzene rings is 1. The molecular formula is C10H12F3O3P. The molecule has 0 radical (unpaired) electrons. The van der Waals surface area contributed by atoms with Crippen LogP contribution in [0.15, 0.2) is 24.3 Å². The van der Waals surface area contributed by atoms with Gasteiger partial charge in [-0.15, -0.1) is 0 Å². The molecule has 0 saturated carbocycles. The van der Waals surface area contributed by atoms with E-state index in [0.29, 0.717) is 12.0 Å². The zero-order chi connectivity index (χ0) is 13.1. The van der Waals surface area contributed by atoms with Crippen LogP contribution in [-0.4, -0.2) is 17.2 Å². The van der Waals surface area contributed by atoms with Gasteiger partial charge in [0.05, 0.1) is 0 Å². The summed E-state index contributed by atoms with van der Waals surface area (Å²) in [4.78, 5) is 9.14. The Balaban J connectivity index is 2.86. The van der Waals surface area contributed by atoms with Crippen molar-refractivity contribution >= 4 is 7.60 Å². The molecule has 1 rings (SSSR count). The number of rotatable bonds is 4. The van der Waals surface area contributed by atoms with Crippen molar-refractivity contribution in [3.8, 4) is 5.75 Å². The highest BCUT2D eigenvalue weighted by molar-refractivity contribution is 7.53. The Bertz CT molecular complexity index is 431. The van der Waals surface area contributed by atoms with Crippen molar-refractivity contribution in [2.45, 2.75) is 19.5 Å². The number of alkyl halides is 3. The minimum atomic E-state index is -4.73. The SMILES string of the molecule is CCc1ccccc1OP(=O)(O)CC(F)(F)F. The highest BCUT2D eigenvalue weighted by atomic mass is 31.2. The summed E-state index contributed by atoms with van der Waals surface area (Å²) < 4.78 is 51.9. The molecule has 3 nitrogen and oxygen atoms in total. The maximum Gasteiger partial charge on any atom is 0.401 e. The fraction of sp³-hybridized carbons (Fsp3) is 0.400. The number of halogens is 3. The molecule has 17 heavy (non-hydrogen) atoms. The van der Waals surface area contributed by atoms with Gasteiger partial charge in [-0.2, -0.15) is 13.2 Å². The number of hydrogen-bond acceptors (Lipinski definition) is 2. The molecule has 7 heteroatoms. The summed E-state index contributed by atoms with van der Waals surface area (Å²) >= 11 is 0. The number of hydrogen-bond donors (Lipinski definition) is 1. The zero-order valence-electron chi connectivity index (χ0n) is 9.07. The largest absolute Gasteiger partial charge is 0.424 e. The summed E-state index contributed by atoms with van der Waals surface area (Å²) in [5.41, 5.74) is 0.587. The molecule has 0 aliphatic rings. The molecule has 0 bridgehead atoms. The molecule has 0 heterocycles. The van der Waals surface area contributed by atoms with Crippen LogP contribution in [0, 0.1) is 0 Å². The number of aryl methyl sites for hydroxylation is 1. The molecule has 0 spiro atoms. The van der Waals surface area contributed by atoms with Crippen LogP contribution in [0.5, 0.6) is 5.75 Å². The van der Waals surface area contributed by atoms with Crippen LogP contribution in [-0.2, 0) is 11.0 Å². The second-order valence-corrected chi connectivity index (χ2v) is 5.24. The molecule has 1 aromatic rings. The van der Waals surface area contributed by atoms with Gasteiger partial charge in [0.15, 0.2) is 6.16 Å². The van der Waals surface area contributed by atoms with Gasteiger partial charge in [-0.05, 0) is 18.1 Å². The molecule has 0 fully saturated rings. The van der Waals surface area contributed by atoms with Crippen molar-refractivity contribution in [2.24, 2.45) is 0 Å². The second kappa shape index (κ2) is 5.10. The first-order valence-electron chi connectivity index (χ1n) is 4.89. The van der Waals surface area contributed by atoms with Crippen molar-refractivity contribution in [3.63, 3.8) is 0 Å². The smallest absolute Gasteiger partial charge is 0.401 e. The molecule has 1 N–H and O–H groups in total. The van der Waals surface area contributed by atoms with E-state index >= 15 is 0 Å². The van der Waals surface area contributed by atoms with Gasteiger partial charge >= 0.3 is 13.8 Å². The summed E-state index contributed by atoms with van der Waals surface area (Å²) in [6.45, 7) is 1.77. The van der Waals surface area contributed by atoms with Crippen molar-refractivity contribution in [3.05, 3.63) is 29.8 Å². The lowest BCUT2D eigenvalue weighted by Gasteiger charge is -2.16. The minimum absolute atomic E-state index is 0.0186. The van der Waals surface area contributed by atoms with Gasteiger partial charge in [0.2, 0.25) is 0 Å². The Morgan fingerprint density at radius 3 is 2.47 bits per heavy atom. The minimum Gasteiger partial charge on any atom is -0.424 e. The first kappa shape index (κ1) is 14.1. The van der Waals surface area contributed by atoms with Crippen LogP contribution in [0.2, 0.25) is 0 Å². The van der Waals surface area contributed by atoms with Crippen LogP contribution >= 0.6 is 7.60 Å². The van der Waals surface area contributed by atoms with Crippen molar-refractivity contribution < 1.29 is 27.2 Å². The lowest BCUT2D eigenvalue weighted by atomic mass is 10.1. The predicted octanol–water partition coefficient (Wildman–Crippen LogP) is 3.38. The van der Waals surface area contributed by atoms with Gasteiger partial charge in [0, 0.05) is 0 Å². The highest BCUT2D eigenvalue weighted by Gasteiger charge is 2.40. The van der Waals surface area contributed by atoms with Crippen molar-refractivity contribution in [1.29, 1.82) is 0 Å². The van der Waals surface area contributed by atoms with Crippen LogP contribution < -0.4 is 4.52 Å². The Hall–Kier alpha value is -1.00. The topological polar surface area (TPSA) is 46.5 Å². The van der Waals surface area contributed by atoms with Gasteiger partial charge in [-0.1, -0.05) is 25.1 Å². The van der Waals surface area contributed by atoms with Gasteiger partial charge in [-0.25, -0.2) is 4.57 Å². The average molecular weight is 268 g/mol. The van der Waals surface area contributed by atoms with Gasteiger partial charge in [-0.3, -0.25) is 0 Å². The lowest BCUT2D eigenvalue weighted by molar-refractivity contribution is -0.109. The molecular weight excluding hydrogens is 256 g/mol. The Labute approximate surface area is 96.8 Å². The van der Waals surface area contributed by atoms with Crippen LogP contribution in [0.25, 0.3) is 0 Å². The predicted molar refractivity (Wildman–Crippen MR) is 57.2 cm³/mol. The van der Waals surface area contributed by atoms with Crippen molar-refractivity contribution in [2.75, 3.05) is 6.16 Å². The Kier molecular flexibility index (Phi) is 4.22. The quantitative estimate of drug-likeness (QED) is 0.851. The monoisotopic (exact) mass is 268 g/mol. The van der Waals surface area contributed by atoms with Crippen LogP contribution in [0.1, 0.15) is 12.5 Å².